The standard InChI is InChI=1S/C17H15NO4/c1-22-12-7-5-11(6-8-12)9-10-18-16(20)13-3-2-4-14(19)15(13)17(18)21/h2-8,19H,9-10H2,1H3. The molecule has 0 aliphatic carbocycles. The Morgan fingerprint density at radius 3 is 2.41 bits per heavy atom. The fraction of sp³-hybridized carbons (Fsp3) is 0.176. The van der Waals surface area contributed by atoms with Crippen molar-refractivity contribution in [2.45, 2.75) is 6.42 Å². The van der Waals surface area contributed by atoms with Gasteiger partial charge in [0.2, 0.25) is 0 Å². The second kappa shape index (κ2) is 5.52. The van der Waals surface area contributed by atoms with Crippen LogP contribution in [-0.2, 0) is 6.42 Å². The number of aromatic hydroxyl groups is 1. The fourth-order valence-corrected chi connectivity index (χ4v) is 2.55. The van der Waals surface area contributed by atoms with Gasteiger partial charge in [0.05, 0.1) is 18.2 Å². The van der Waals surface area contributed by atoms with Crippen molar-refractivity contribution < 1.29 is 19.4 Å². The molecular weight excluding hydrogens is 282 g/mol. The normalized spacial score (nSPS) is 13.4. The summed E-state index contributed by atoms with van der Waals surface area (Å²) in [5.41, 5.74) is 1.36. The van der Waals surface area contributed by atoms with Crippen molar-refractivity contribution >= 4 is 11.8 Å². The van der Waals surface area contributed by atoms with Crippen LogP contribution < -0.4 is 4.74 Å². The first-order chi connectivity index (χ1) is 10.6. The molecule has 0 aromatic heterocycles. The maximum Gasteiger partial charge on any atom is 0.265 e. The molecule has 5 heteroatoms. The van der Waals surface area contributed by atoms with E-state index in [1.807, 2.05) is 24.3 Å². The lowest BCUT2D eigenvalue weighted by Gasteiger charge is -2.13. The Labute approximate surface area is 127 Å². The summed E-state index contributed by atoms with van der Waals surface area (Å²) in [5, 5.41) is 9.77. The molecule has 0 saturated heterocycles. The minimum Gasteiger partial charge on any atom is -0.507 e. The highest BCUT2D eigenvalue weighted by Crippen LogP contribution is 2.30. The zero-order valence-corrected chi connectivity index (χ0v) is 12.1. The lowest BCUT2D eigenvalue weighted by Crippen LogP contribution is -2.31. The predicted molar refractivity (Wildman–Crippen MR) is 80.2 cm³/mol. The molecule has 2 aromatic rings. The summed E-state index contributed by atoms with van der Waals surface area (Å²) in [6.45, 7) is 0.276. The summed E-state index contributed by atoms with van der Waals surface area (Å²) in [7, 11) is 1.60. The van der Waals surface area contributed by atoms with Gasteiger partial charge >= 0.3 is 0 Å². The van der Waals surface area contributed by atoms with Crippen LogP contribution in [0.3, 0.4) is 0 Å². The van der Waals surface area contributed by atoms with Gasteiger partial charge in [0.25, 0.3) is 11.8 Å². The lowest BCUT2D eigenvalue weighted by molar-refractivity contribution is 0.0655. The van der Waals surface area contributed by atoms with Crippen molar-refractivity contribution in [3.05, 3.63) is 59.2 Å². The second-order valence-corrected chi connectivity index (χ2v) is 5.06. The highest BCUT2D eigenvalue weighted by molar-refractivity contribution is 6.22. The second-order valence-electron chi connectivity index (χ2n) is 5.06. The summed E-state index contributed by atoms with van der Waals surface area (Å²) < 4.78 is 5.09. The number of ether oxygens (including phenoxy) is 1. The van der Waals surface area contributed by atoms with Crippen molar-refractivity contribution in [2.75, 3.05) is 13.7 Å². The van der Waals surface area contributed by atoms with Gasteiger partial charge in [0, 0.05) is 6.54 Å². The van der Waals surface area contributed by atoms with Gasteiger partial charge in [-0.15, -0.1) is 0 Å². The van der Waals surface area contributed by atoms with E-state index in [2.05, 4.69) is 0 Å². The summed E-state index contributed by atoms with van der Waals surface area (Å²) in [6.07, 6.45) is 0.552. The van der Waals surface area contributed by atoms with Crippen molar-refractivity contribution in [3.63, 3.8) is 0 Å². The van der Waals surface area contributed by atoms with Crippen LogP contribution in [0.5, 0.6) is 11.5 Å². The number of hydrogen-bond acceptors (Lipinski definition) is 4. The van der Waals surface area contributed by atoms with E-state index >= 15 is 0 Å². The van der Waals surface area contributed by atoms with E-state index in [0.29, 0.717) is 6.42 Å². The highest BCUT2D eigenvalue weighted by Gasteiger charge is 2.37. The van der Waals surface area contributed by atoms with E-state index in [9.17, 15) is 14.7 Å². The summed E-state index contributed by atoms with van der Waals surface area (Å²) in [5.74, 6) is -0.187. The maximum absolute atomic E-state index is 12.3. The highest BCUT2D eigenvalue weighted by atomic mass is 16.5. The smallest absolute Gasteiger partial charge is 0.265 e. The summed E-state index contributed by atoms with van der Waals surface area (Å²) in [4.78, 5) is 25.7. The maximum atomic E-state index is 12.3. The molecule has 0 spiro atoms. The van der Waals surface area contributed by atoms with E-state index in [0.717, 1.165) is 11.3 Å². The first kappa shape index (κ1) is 14.1. The largest absolute Gasteiger partial charge is 0.507 e. The molecule has 0 atom stereocenters. The Bertz CT molecular complexity index is 737. The third-order valence-corrected chi connectivity index (χ3v) is 3.76. The number of carbonyl (C=O) groups excluding carboxylic acids is 2. The van der Waals surface area contributed by atoms with Gasteiger partial charge in [-0.1, -0.05) is 18.2 Å². The molecule has 112 valence electrons. The molecule has 22 heavy (non-hydrogen) atoms. The molecular formula is C17H15NO4. The van der Waals surface area contributed by atoms with Gasteiger partial charge in [0.1, 0.15) is 11.5 Å². The van der Waals surface area contributed by atoms with Crippen LogP contribution in [0.2, 0.25) is 0 Å². The molecule has 5 nitrogen and oxygen atoms in total. The molecule has 0 unspecified atom stereocenters. The van der Waals surface area contributed by atoms with Crippen molar-refractivity contribution in [1.82, 2.24) is 4.90 Å². The topological polar surface area (TPSA) is 66.8 Å². The van der Waals surface area contributed by atoms with E-state index in [1.165, 1.54) is 11.0 Å². The predicted octanol–water partition coefficient (Wildman–Crippen LogP) is 2.24. The van der Waals surface area contributed by atoms with E-state index in [1.54, 1.807) is 19.2 Å². The summed E-state index contributed by atoms with van der Waals surface area (Å²) in [6, 6.07) is 12.0. The average molecular weight is 297 g/mol. The first-order valence-electron chi connectivity index (χ1n) is 6.93. The number of fused-ring (bicyclic) bond motifs is 1. The molecule has 0 fully saturated rings. The Morgan fingerprint density at radius 1 is 1.05 bits per heavy atom. The SMILES string of the molecule is COc1ccc(CCN2C(=O)c3cccc(O)c3C2=O)cc1. The number of carbonyl (C=O) groups is 2. The number of nitrogens with zero attached hydrogens (tertiary/aromatic N) is 1. The molecule has 2 amide bonds. The van der Waals surface area contributed by atoms with Gasteiger partial charge in [-0.3, -0.25) is 14.5 Å². The zero-order chi connectivity index (χ0) is 15.7. The Hall–Kier alpha value is -2.82. The van der Waals surface area contributed by atoms with Crippen LogP contribution in [0.4, 0.5) is 0 Å². The Morgan fingerprint density at radius 2 is 1.77 bits per heavy atom. The first-order valence-corrected chi connectivity index (χ1v) is 6.93. The third kappa shape index (κ3) is 2.30. The molecule has 1 heterocycles. The number of rotatable bonds is 4. The number of benzene rings is 2. The van der Waals surface area contributed by atoms with Crippen molar-refractivity contribution in [1.29, 1.82) is 0 Å². The van der Waals surface area contributed by atoms with Gasteiger partial charge in [-0.25, -0.2) is 0 Å². The molecule has 1 N–H and O–H groups in total. The average Bonchev–Trinajstić information content (AvgIpc) is 2.78. The van der Waals surface area contributed by atoms with Gasteiger partial charge < -0.3 is 9.84 Å². The third-order valence-electron chi connectivity index (χ3n) is 3.76. The minimum absolute atomic E-state index is 0.0993. The molecule has 1 aliphatic heterocycles. The van der Waals surface area contributed by atoms with Crippen LogP contribution in [0.15, 0.2) is 42.5 Å². The molecule has 2 aromatic carbocycles. The van der Waals surface area contributed by atoms with E-state index in [4.69, 9.17) is 4.74 Å². The number of amides is 2. The van der Waals surface area contributed by atoms with Crippen LogP contribution >= 0.6 is 0 Å². The van der Waals surface area contributed by atoms with Crippen LogP contribution in [-0.4, -0.2) is 35.5 Å². The van der Waals surface area contributed by atoms with E-state index in [-0.39, 0.29) is 29.3 Å². The number of phenols is 1. The van der Waals surface area contributed by atoms with Gasteiger partial charge in [-0.2, -0.15) is 0 Å². The molecule has 3 rings (SSSR count). The molecule has 0 bridgehead atoms. The Kier molecular flexibility index (Phi) is 3.55. The summed E-state index contributed by atoms with van der Waals surface area (Å²) >= 11 is 0. The molecule has 1 aliphatic rings. The number of imide groups is 1. The zero-order valence-electron chi connectivity index (χ0n) is 12.1. The van der Waals surface area contributed by atoms with Gasteiger partial charge in [-0.05, 0) is 36.2 Å². The van der Waals surface area contributed by atoms with Gasteiger partial charge in [0.15, 0.2) is 0 Å². The fourth-order valence-electron chi connectivity index (χ4n) is 2.55. The molecule has 0 saturated carbocycles. The van der Waals surface area contributed by atoms with E-state index < -0.39 is 5.91 Å². The minimum atomic E-state index is -0.438. The number of phenolic OH excluding ortho intramolecular Hbond substituents is 1. The monoisotopic (exact) mass is 297 g/mol. The van der Waals surface area contributed by atoms with Crippen molar-refractivity contribution in [3.8, 4) is 11.5 Å². The number of methoxy groups -OCH3 is 1. The lowest BCUT2D eigenvalue weighted by atomic mass is 10.1. The van der Waals surface area contributed by atoms with Crippen LogP contribution in [0, 0.1) is 0 Å². The van der Waals surface area contributed by atoms with Crippen LogP contribution in [0.1, 0.15) is 26.3 Å². The number of hydrogen-bond donors (Lipinski definition) is 1. The Balaban J connectivity index is 1.75. The van der Waals surface area contributed by atoms with Crippen LogP contribution in [0.25, 0.3) is 0 Å². The molecule has 0 radical (unpaired) electrons. The van der Waals surface area contributed by atoms with Crippen molar-refractivity contribution in [2.24, 2.45) is 0 Å². The quantitative estimate of drug-likeness (QED) is 0.879.